The number of anilines is 1. The summed E-state index contributed by atoms with van der Waals surface area (Å²) in [5, 5.41) is 3.38. The molecule has 0 bridgehead atoms. The summed E-state index contributed by atoms with van der Waals surface area (Å²) in [4.78, 5) is 26.5. The molecule has 38 heavy (non-hydrogen) atoms. The summed E-state index contributed by atoms with van der Waals surface area (Å²) in [6.07, 6.45) is 5.02. The van der Waals surface area contributed by atoms with Crippen molar-refractivity contribution >= 4 is 22.6 Å². The number of benzene rings is 1. The van der Waals surface area contributed by atoms with E-state index in [1.54, 1.807) is 7.05 Å². The number of aromatic nitrogens is 2. The van der Waals surface area contributed by atoms with E-state index in [2.05, 4.69) is 65.2 Å². The highest BCUT2D eigenvalue weighted by Crippen LogP contribution is 2.25. The maximum absolute atomic E-state index is 13.4. The topological polar surface area (TPSA) is 98.7 Å². The molecule has 2 aromatic rings. The highest BCUT2D eigenvalue weighted by atomic mass is 32.2. The van der Waals surface area contributed by atoms with Gasteiger partial charge in [0, 0.05) is 44.3 Å². The Morgan fingerprint density at radius 2 is 1.66 bits per heavy atom. The van der Waals surface area contributed by atoms with Crippen molar-refractivity contribution in [3.05, 3.63) is 53.0 Å². The molecule has 208 valence electrons. The predicted molar refractivity (Wildman–Crippen MR) is 151 cm³/mol. The number of carbonyl (C=O) groups is 1. The van der Waals surface area contributed by atoms with Crippen LogP contribution in [0.5, 0.6) is 0 Å². The average Bonchev–Trinajstić information content (AvgIpc) is 2.91. The average molecular weight is 543 g/mol. The summed E-state index contributed by atoms with van der Waals surface area (Å²) in [5.41, 5.74) is 3.80. The van der Waals surface area contributed by atoms with Crippen molar-refractivity contribution in [1.29, 1.82) is 0 Å². The molecule has 10 heteroatoms. The number of thiol groups is 1. The van der Waals surface area contributed by atoms with Crippen molar-refractivity contribution in [2.75, 3.05) is 38.5 Å². The summed E-state index contributed by atoms with van der Waals surface area (Å²) >= 11 is 0. The molecule has 9 nitrogen and oxygen atoms in total. The summed E-state index contributed by atoms with van der Waals surface area (Å²) in [7, 11) is -0.855. The Kier molecular flexibility index (Phi) is 9.05. The van der Waals surface area contributed by atoms with Crippen molar-refractivity contribution < 1.29 is 13.2 Å². The van der Waals surface area contributed by atoms with Crippen LogP contribution in [0.3, 0.4) is 0 Å². The molecule has 1 aromatic carbocycles. The van der Waals surface area contributed by atoms with Gasteiger partial charge in [0.2, 0.25) is 10.9 Å². The maximum Gasteiger partial charge on any atom is 0.272 e. The van der Waals surface area contributed by atoms with Gasteiger partial charge in [-0.1, -0.05) is 45.0 Å². The summed E-state index contributed by atoms with van der Waals surface area (Å²) in [6.45, 7) is 12.3. The minimum absolute atomic E-state index is 0.0412. The van der Waals surface area contributed by atoms with E-state index >= 15 is 0 Å². The molecule has 2 aliphatic rings. The first-order valence-corrected chi connectivity index (χ1v) is 14.7. The van der Waals surface area contributed by atoms with Crippen LogP contribution in [0.4, 0.5) is 5.82 Å². The zero-order chi connectivity index (χ0) is 27.4. The Hall–Kier alpha value is -2.56. The summed E-state index contributed by atoms with van der Waals surface area (Å²) < 4.78 is 24.0. The van der Waals surface area contributed by atoms with Crippen LogP contribution in [-0.4, -0.2) is 83.7 Å². The van der Waals surface area contributed by atoms with E-state index < -0.39 is 10.9 Å². The van der Waals surface area contributed by atoms with E-state index in [1.807, 2.05) is 11.8 Å². The second kappa shape index (κ2) is 12.1. The zero-order valence-electron chi connectivity index (χ0n) is 23.3. The Balaban J connectivity index is 1.30. The zero-order valence-corrected chi connectivity index (χ0v) is 24.2. The highest BCUT2D eigenvalue weighted by Gasteiger charge is 2.32. The van der Waals surface area contributed by atoms with Gasteiger partial charge in [-0.15, -0.1) is 0 Å². The molecule has 1 N–H and O–H groups in total. The summed E-state index contributed by atoms with van der Waals surface area (Å²) in [5.74, 6) is 0.645. The predicted octanol–water partition coefficient (Wildman–Crippen LogP) is 3.22. The van der Waals surface area contributed by atoms with Crippen LogP contribution < -0.4 is 5.32 Å². The second-order valence-corrected chi connectivity index (χ2v) is 12.7. The fourth-order valence-corrected chi connectivity index (χ4v) is 5.99. The molecule has 2 aliphatic heterocycles. The van der Waals surface area contributed by atoms with E-state index in [-0.39, 0.29) is 17.4 Å². The molecular formula is C28H42N6O3S. The van der Waals surface area contributed by atoms with E-state index in [9.17, 15) is 13.2 Å². The first kappa shape index (κ1) is 28.4. The van der Waals surface area contributed by atoms with Crippen molar-refractivity contribution in [1.82, 2.24) is 24.1 Å². The first-order chi connectivity index (χ1) is 18.0. The van der Waals surface area contributed by atoms with E-state index in [0.717, 1.165) is 49.9 Å². The SMILES string of the molecule is Cc1c(NCc2ccc(C(C)(C)C)cc2)ncnc1C(=O)N1CCC(N2CCC(N(C)[SH](=O)=O)CC2)CC1. The van der Waals surface area contributed by atoms with Gasteiger partial charge in [-0.05, 0) is 62.2 Å². The molecule has 0 saturated carbocycles. The lowest BCUT2D eigenvalue weighted by Crippen LogP contribution is -2.51. The fraction of sp³-hybridized carbons (Fsp3) is 0.607. The Bertz CT molecular complexity index is 1170. The Morgan fingerprint density at radius 1 is 1.03 bits per heavy atom. The van der Waals surface area contributed by atoms with Gasteiger partial charge in [-0.25, -0.2) is 22.7 Å². The van der Waals surface area contributed by atoms with Crippen molar-refractivity contribution in [3.8, 4) is 0 Å². The summed E-state index contributed by atoms with van der Waals surface area (Å²) in [6, 6.07) is 9.12. The molecule has 0 atom stereocenters. The Labute approximate surface area is 228 Å². The third kappa shape index (κ3) is 6.71. The number of nitrogens with one attached hydrogen (secondary N) is 1. The van der Waals surface area contributed by atoms with Gasteiger partial charge in [-0.2, -0.15) is 0 Å². The Morgan fingerprint density at radius 3 is 2.24 bits per heavy atom. The van der Waals surface area contributed by atoms with Crippen LogP contribution in [0.25, 0.3) is 0 Å². The van der Waals surface area contributed by atoms with Gasteiger partial charge >= 0.3 is 0 Å². The third-order valence-electron chi connectivity index (χ3n) is 8.12. The highest BCUT2D eigenvalue weighted by molar-refractivity contribution is 7.69. The van der Waals surface area contributed by atoms with Gasteiger partial charge in [0.15, 0.2) is 0 Å². The van der Waals surface area contributed by atoms with Crippen LogP contribution in [0, 0.1) is 6.92 Å². The van der Waals surface area contributed by atoms with Crippen LogP contribution in [0.1, 0.15) is 73.6 Å². The second-order valence-electron chi connectivity index (χ2n) is 11.6. The van der Waals surface area contributed by atoms with Crippen LogP contribution in [0.2, 0.25) is 0 Å². The smallest absolute Gasteiger partial charge is 0.272 e. The third-order valence-corrected chi connectivity index (χ3v) is 8.96. The maximum atomic E-state index is 13.4. The number of hydrogen-bond donors (Lipinski definition) is 2. The minimum atomic E-state index is -2.52. The quantitative estimate of drug-likeness (QED) is 0.519. The monoisotopic (exact) mass is 542 g/mol. The van der Waals surface area contributed by atoms with Gasteiger partial charge < -0.3 is 15.1 Å². The number of amides is 1. The normalized spacial score (nSPS) is 18.3. The van der Waals surface area contributed by atoms with Gasteiger partial charge in [-0.3, -0.25) is 4.79 Å². The standard InChI is InChI=1S/C28H42N6O3S/c1-20-25(30-19-31-26(20)29-18-21-6-8-22(9-7-21)28(2,3)4)27(35)34-16-12-24(13-17-34)33-14-10-23(11-15-33)32(5)38(36)37/h6-9,19,23-24,38H,10-18H2,1-5H3,(H,29,30,31). The van der Waals surface area contributed by atoms with E-state index in [4.69, 9.17) is 0 Å². The number of hydrogen-bond acceptors (Lipinski definition) is 7. The van der Waals surface area contributed by atoms with Gasteiger partial charge in [0.25, 0.3) is 5.91 Å². The molecule has 2 saturated heterocycles. The van der Waals surface area contributed by atoms with Crippen molar-refractivity contribution in [2.45, 2.75) is 77.4 Å². The molecule has 2 fully saturated rings. The van der Waals surface area contributed by atoms with Crippen LogP contribution in [-0.2, 0) is 22.8 Å². The van der Waals surface area contributed by atoms with Crippen LogP contribution in [0.15, 0.2) is 30.6 Å². The molecule has 1 aromatic heterocycles. The molecular weight excluding hydrogens is 500 g/mol. The number of piperidine rings is 2. The lowest BCUT2D eigenvalue weighted by atomic mass is 9.87. The largest absolute Gasteiger partial charge is 0.366 e. The van der Waals surface area contributed by atoms with E-state index in [1.165, 1.54) is 16.2 Å². The van der Waals surface area contributed by atoms with Gasteiger partial charge in [0.1, 0.15) is 17.8 Å². The van der Waals surface area contributed by atoms with Crippen molar-refractivity contribution in [2.24, 2.45) is 0 Å². The molecule has 4 rings (SSSR count). The van der Waals surface area contributed by atoms with Crippen molar-refractivity contribution in [3.63, 3.8) is 0 Å². The number of rotatable bonds is 7. The molecule has 3 heterocycles. The fourth-order valence-electron chi connectivity index (χ4n) is 5.49. The molecule has 0 unspecified atom stereocenters. The molecule has 1 amide bonds. The van der Waals surface area contributed by atoms with Crippen LogP contribution >= 0.6 is 0 Å². The van der Waals surface area contributed by atoms with Gasteiger partial charge in [0.05, 0.1) is 0 Å². The molecule has 0 spiro atoms. The number of likely N-dealkylation sites (tertiary alicyclic amines) is 2. The molecule has 0 aliphatic carbocycles. The molecule has 0 radical (unpaired) electrons. The number of nitrogens with zero attached hydrogens (tertiary/aromatic N) is 5. The number of carbonyl (C=O) groups excluding carboxylic acids is 1. The first-order valence-electron chi connectivity index (χ1n) is 13.6. The minimum Gasteiger partial charge on any atom is -0.366 e. The lowest BCUT2D eigenvalue weighted by molar-refractivity contribution is 0.0543. The van der Waals surface area contributed by atoms with E-state index in [0.29, 0.717) is 37.2 Å². The lowest BCUT2D eigenvalue weighted by Gasteiger charge is -2.42.